The lowest BCUT2D eigenvalue weighted by atomic mass is 10.2. The SMILES string of the molecule is COc1ccccc1N1C(=O)/C(=C\c2ccc(COc3ccc([N+](=O)[O-])c(C)c3)o2)NC1=S. The second-order valence-corrected chi connectivity index (χ2v) is 7.49. The lowest BCUT2D eigenvalue weighted by Crippen LogP contribution is -2.30. The van der Waals surface area contributed by atoms with Crippen molar-refractivity contribution in [3.05, 3.63) is 87.5 Å². The van der Waals surface area contributed by atoms with Crippen LogP contribution >= 0.6 is 12.2 Å². The van der Waals surface area contributed by atoms with Gasteiger partial charge in [-0.05, 0) is 55.5 Å². The number of carbonyl (C=O) groups is 1. The zero-order chi connectivity index (χ0) is 23.5. The van der Waals surface area contributed by atoms with Crippen molar-refractivity contribution in [1.29, 1.82) is 0 Å². The number of nitrogens with zero attached hydrogens (tertiary/aromatic N) is 2. The molecule has 1 aliphatic heterocycles. The maximum absolute atomic E-state index is 13.0. The fraction of sp³-hybridized carbons (Fsp3) is 0.130. The van der Waals surface area contributed by atoms with Crippen LogP contribution in [0.15, 0.2) is 64.7 Å². The van der Waals surface area contributed by atoms with E-state index in [0.29, 0.717) is 34.3 Å². The Kier molecular flexibility index (Phi) is 6.09. The van der Waals surface area contributed by atoms with Crippen molar-refractivity contribution >= 4 is 40.7 Å². The number of carbonyl (C=O) groups excluding carboxylic acids is 1. The average molecular weight is 465 g/mol. The van der Waals surface area contributed by atoms with E-state index in [1.54, 1.807) is 55.5 Å². The van der Waals surface area contributed by atoms with Gasteiger partial charge in [-0.1, -0.05) is 12.1 Å². The Labute approximate surface area is 194 Å². The number of para-hydroxylation sites is 2. The summed E-state index contributed by atoms with van der Waals surface area (Å²) >= 11 is 5.34. The molecule has 0 bridgehead atoms. The van der Waals surface area contributed by atoms with Crippen molar-refractivity contribution in [2.75, 3.05) is 12.0 Å². The molecule has 3 aromatic rings. The Bertz CT molecular complexity index is 1280. The van der Waals surface area contributed by atoms with Crippen LogP contribution in [0.5, 0.6) is 11.5 Å². The quantitative estimate of drug-likeness (QED) is 0.238. The topological polar surface area (TPSA) is 107 Å². The maximum atomic E-state index is 13.0. The van der Waals surface area contributed by atoms with Gasteiger partial charge in [0, 0.05) is 17.7 Å². The van der Waals surface area contributed by atoms with Crippen LogP contribution in [0.2, 0.25) is 0 Å². The van der Waals surface area contributed by atoms with Crippen LogP contribution in [0.25, 0.3) is 6.08 Å². The van der Waals surface area contributed by atoms with Crippen LogP contribution < -0.4 is 19.7 Å². The van der Waals surface area contributed by atoms with Gasteiger partial charge in [-0.25, -0.2) is 4.90 Å². The number of furan rings is 1. The molecular formula is C23H19N3O6S. The highest BCUT2D eigenvalue weighted by molar-refractivity contribution is 7.80. The summed E-state index contributed by atoms with van der Waals surface area (Å²) in [5.41, 5.74) is 1.34. The van der Waals surface area contributed by atoms with Crippen molar-refractivity contribution in [2.45, 2.75) is 13.5 Å². The van der Waals surface area contributed by atoms with Gasteiger partial charge in [0.25, 0.3) is 11.6 Å². The Morgan fingerprint density at radius 3 is 2.73 bits per heavy atom. The highest BCUT2D eigenvalue weighted by Crippen LogP contribution is 2.31. The predicted octanol–water partition coefficient (Wildman–Crippen LogP) is 4.35. The second kappa shape index (κ2) is 9.13. The highest BCUT2D eigenvalue weighted by atomic mass is 32.1. The van der Waals surface area contributed by atoms with Crippen LogP contribution in [0.4, 0.5) is 11.4 Å². The number of hydrogen-bond acceptors (Lipinski definition) is 7. The number of nitro benzene ring substituents is 1. The first-order valence-electron chi connectivity index (χ1n) is 9.84. The Balaban J connectivity index is 1.46. The van der Waals surface area contributed by atoms with E-state index in [-0.39, 0.29) is 29.0 Å². The van der Waals surface area contributed by atoms with Crippen molar-refractivity contribution in [3.8, 4) is 11.5 Å². The van der Waals surface area contributed by atoms with Crippen molar-refractivity contribution in [1.82, 2.24) is 5.32 Å². The summed E-state index contributed by atoms with van der Waals surface area (Å²) in [6.07, 6.45) is 1.56. The van der Waals surface area contributed by atoms with Crippen LogP contribution in [0.1, 0.15) is 17.1 Å². The summed E-state index contributed by atoms with van der Waals surface area (Å²) in [7, 11) is 1.52. The van der Waals surface area contributed by atoms with Crippen molar-refractivity contribution in [2.24, 2.45) is 0 Å². The molecule has 1 amide bonds. The summed E-state index contributed by atoms with van der Waals surface area (Å²) in [6, 6.07) is 15.0. The van der Waals surface area contributed by atoms with Gasteiger partial charge in [-0.3, -0.25) is 14.9 Å². The van der Waals surface area contributed by atoms with Crippen molar-refractivity contribution in [3.63, 3.8) is 0 Å². The molecule has 9 nitrogen and oxygen atoms in total. The van der Waals surface area contributed by atoms with E-state index in [4.69, 9.17) is 26.1 Å². The van der Waals surface area contributed by atoms with E-state index in [2.05, 4.69) is 5.32 Å². The van der Waals surface area contributed by atoms with Gasteiger partial charge >= 0.3 is 0 Å². The molecule has 1 N–H and O–H groups in total. The van der Waals surface area contributed by atoms with Gasteiger partial charge in [-0.2, -0.15) is 0 Å². The van der Waals surface area contributed by atoms with Gasteiger partial charge in [0.1, 0.15) is 35.3 Å². The monoisotopic (exact) mass is 465 g/mol. The highest BCUT2D eigenvalue weighted by Gasteiger charge is 2.33. The van der Waals surface area contributed by atoms with Gasteiger partial charge < -0.3 is 19.2 Å². The summed E-state index contributed by atoms with van der Waals surface area (Å²) in [4.78, 5) is 24.8. The number of methoxy groups -OCH3 is 1. The number of amides is 1. The second-order valence-electron chi connectivity index (χ2n) is 7.10. The molecule has 0 aliphatic carbocycles. The van der Waals surface area contributed by atoms with Gasteiger partial charge in [0.15, 0.2) is 5.11 Å². The summed E-state index contributed by atoms with van der Waals surface area (Å²) < 4.78 is 16.7. The number of aryl methyl sites for hydroxylation is 1. The fourth-order valence-corrected chi connectivity index (χ4v) is 3.63. The molecule has 0 saturated carbocycles. The standard InChI is InChI=1S/C23H19N3O6S/c1-14-11-15(9-10-19(14)26(28)29)31-13-17-8-7-16(32-17)12-18-22(27)25(23(33)24-18)20-5-3-4-6-21(20)30-2/h3-12H,13H2,1-2H3,(H,24,33)/b18-12+. The molecule has 1 aromatic heterocycles. The predicted molar refractivity (Wildman–Crippen MR) is 125 cm³/mol. The summed E-state index contributed by atoms with van der Waals surface area (Å²) in [5.74, 6) is 1.64. The van der Waals surface area contributed by atoms with E-state index in [0.717, 1.165) is 0 Å². The zero-order valence-corrected chi connectivity index (χ0v) is 18.5. The van der Waals surface area contributed by atoms with Crippen LogP contribution in [0, 0.1) is 17.0 Å². The van der Waals surface area contributed by atoms with E-state index in [1.807, 2.05) is 0 Å². The van der Waals surface area contributed by atoms with Crippen LogP contribution in [-0.2, 0) is 11.4 Å². The number of nitrogens with one attached hydrogen (secondary N) is 1. The van der Waals surface area contributed by atoms with Gasteiger partial charge in [0.05, 0.1) is 17.7 Å². The molecule has 10 heteroatoms. The van der Waals surface area contributed by atoms with Crippen molar-refractivity contribution < 1.29 is 23.6 Å². The smallest absolute Gasteiger partial charge is 0.281 e. The molecule has 2 aromatic carbocycles. The van der Waals surface area contributed by atoms with Gasteiger partial charge in [-0.15, -0.1) is 0 Å². The Morgan fingerprint density at radius 1 is 1.21 bits per heavy atom. The molecule has 0 unspecified atom stereocenters. The van der Waals surface area contributed by atoms with E-state index in [1.165, 1.54) is 24.1 Å². The molecular weight excluding hydrogens is 446 g/mol. The number of hydrogen-bond donors (Lipinski definition) is 1. The summed E-state index contributed by atoms with van der Waals surface area (Å²) in [6.45, 7) is 1.76. The Morgan fingerprint density at radius 2 is 2.00 bits per heavy atom. The third-order valence-corrected chi connectivity index (χ3v) is 5.20. The largest absolute Gasteiger partial charge is 0.495 e. The lowest BCUT2D eigenvalue weighted by Gasteiger charge is -2.17. The fourth-order valence-electron chi connectivity index (χ4n) is 3.34. The van der Waals surface area contributed by atoms with E-state index >= 15 is 0 Å². The minimum atomic E-state index is -0.440. The first-order valence-corrected chi connectivity index (χ1v) is 10.2. The molecule has 1 saturated heterocycles. The number of thiocarbonyl (C=S) groups is 1. The third-order valence-electron chi connectivity index (χ3n) is 4.92. The molecule has 33 heavy (non-hydrogen) atoms. The molecule has 1 aliphatic rings. The lowest BCUT2D eigenvalue weighted by molar-refractivity contribution is -0.385. The average Bonchev–Trinajstić information content (AvgIpc) is 3.35. The molecule has 4 rings (SSSR count). The zero-order valence-electron chi connectivity index (χ0n) is 17.7. The number of ether oxygens (including phenoxy) is 2. The molecule has 0 radical (unpaired) electrons. The van der Waals surface area contributed by atoms with Gasteiger partial charge in [0.2, 0.25) is 0 Å². The minimum absolute atomic E-state index is 0.0306. The first-order chi connectivity index (χ1) is 15.9. The number of benzene rings is 2. The first kappa shape index (κ1) is 22.0. The summed E-state index contributed by atoms with van der Waals surface area (Å²) in [5, 5.41) is 14.1. The van der Waals surface area contributed by atoms with E-state index < -0.39 is 4.92 Å². The third kappa shape index (κ3) is 4.55. The number of nitro groups is 1. The maximum Gasteiger partial charge on any atom is 0.281 e. The molecule has 168 valence electrons. The normalized spacial score (nSPS) is 14.5. The minimum Gasteiger partial charge on any atom is -0.495 e. The van der Waals surface area contributed by atoms with Crippen LogP contribution in [0.3, 0.4) is 0 Å². The number of rotatable bonds is 7. The molecule has 0 atom stereocenters. The van der Waals surface area contributed by atoms with Crippen LogP contribution in [-0.4, -0.2) is 23.1 Å². The van der Waals surface area contributed by atoms with E-state index in [9.17, 15) is 14.9 Å². The molecule has 0 spiro atoms. The Hall–Kier alpha value is -4.18. The molecule has 1 fully saturated rings. The molecule has 2 heterocycles. The number of anilines is 1.